The van der Waals surface area contributed by atoms with Gasteiger partial charge in [-0.1, -0.05) is 48.5 Å². The molecule has 0 atom stereocenters. The first-order valence-electron chi connectivity index (χ1n) is 7.32. The molecule has 22 heavy (non-hydrogen) atoms. The SMILES string of the molecule is CCN(Cc1ccccc1)C(=O)c1ncnc2ccccc12. The smallest absolute Gasteiger partial charge is 0.273 e. The van der Waals surface area contributed by atoms with Crippen LogP contribution in [-0.2, 0) is 6.54 Å². The maximum absolute atomic E-state index is 12.8. The van der Waals surface area contributed by atoms with Crippen molar-refractivity contribution in [1.29, 1.82) is 0 Å². The second-order valence-corrected chi connectivity index (χ2v) is 5.04. The van der Waals surface area contributed by atoms with Crippen LogP contribution in [0.1, 0.15) is 23.0 Å². The highest BCUT2D eigenvalue weighted by atomic mass is 16.2. The Bertz CT molecular complexity index is 781. The number of aromatic nitrogens is 2. The molecule has 0 unspecified atom stereocenters. The minimum atomic E-state index is -0.0649. The predicted octanol–water partition coefficient (Wildman–Crippen LogP) is 3.29. The van der Waals surface area contributed by atoms with Crippen molar-refractivity contribution in [3.8, 4) is 0 Å². The quantitative estimate of drug-likeness (QED) is 0.741. The summed E-state index contributed by atoms with van der Waals surface area (Å²) in [6.07, 6.45) is 1.45. The van der Waals surface area contributed by atoms with Crippen LogP contribution in [0.25, 0.3) is 10.9 Å². The van der Waals surface area contributed by atoms with E-state index in [4.69, 9.17) is 0 Å². The van der Waals surface area contributed by atoms with Gasteiger partial charge in [0.1, 0.15) is 12.0 Å². The van der Waals surface area contributed by atoms with Crippen LogP contribution in [-0.4, -0.2) is 27.3 Å². The van der Waals surface area contributed by atoms with E-state index in [2.05, 4.69) is 9.97 Å². The molecule has 1 amide bonds. The summed E-state index contributed by atoms with van der Waals surface area (Å²) in [5, 5.41) is 0.793. The lowest BCUT2D eigenvalue weighted by atomic mass is 10.1. The number of amides is 1. The van der Waals surface area contributed by atoms with Crippen LogP contribution in [0.3, 0.4) is 0 Å². The lowest BCUT2D eigenvalue weighted by molar-refractivity contribution is 0.0748. The van der Waals surface area contributed by atoms with Gasteiger partial charge in [-0.3, -0.25) is 4.79 Å². The highest BCUT2D eigenvalue weighted by Crippen LogP contribution is 2.17. The van der Waals surface area contributed by atoms with Gasteiger partial charge in [0.15, 0.2) is 0 Å². The van der Waals surface area contributed by atoms with Crippen LogP contribution in [0.4, 0.5) is 0 Å². The lowest BCUT2D eigenvalue weighted by Crippen LogP contribution is -2.31. The fourth-order valence-electron chi connectivity index (χ4n) is 2.46. The zero-order valence-corrected chi connectivity index (χ0v) is 12.4. The standard InChI is InChI=1S/C18H17N3O/c1-2-21(12-14-8-4-3-5-9-14)18(22)17-15-10-6-7-11-16(15)19-13-20-17/h3-11,13H,2,12H2,1H3. The number of rotatable bonds is 4. The topological polar surface area (TPSA) is 46.1 Å². The van der Waals surface area contributed by atoms with Crippen molar-refractivity contribution in [2.45, 2.75) is 13.5 Å². The van der Waals surface area contributed by atoms with Gasteiger partial charge in [-0.15, -0.1) is 0 Å². The third kappa shape index (κ3) is 2.81. The summed E-state index contributed by atoms with van der Waals surface area (Å²) >= 11 is 0. The molecule has 1 aromatic heterocycles. The maximum atomic E-state index is 12.8. The molecule has 0 fully saturated rings. The fourth-order valence-corrected chi connectivity index (χ4v) is 2.46. The number of benzene rings is 2. The van der Waals surface area contributed by atoms with Gasteiger partial charge in [-0.2, -0.15) is 0 Å². The third-order valence-electron chi connectivity index (χ3n) is 3.63. The Hall–Kier alpha value is -2.75. The van der Waals surface area contributed by atoms with E-state index >= 15 is 0 Å². The summed E-state index contributed by atoms with van der Waals surface area (Å²) in [6.45, 7) is 3.19. The molecule has 0 saturated heterocycles. The predicted molar refractivity (Wildman–Crippen MR) is 86.4 cm³/mol. The molecule has 0 saturated carbocycles. The molecule has 3 aromatic rings. The second kappa shape index (κ2) is 6.35. The molecule has 3 rings (SSSR count). The summed E-state index contributed by atoms with van der Waals surface area (Å²) in [4.78, 5) is 23.1. The number of hydrogen-bond acceptors (Lipinski definition) is 3. The molecule has 110 valence electrons. The molecule has 0 aliphatic rings. The van der Waals surface area contributed by atoms with Crippen molar-refractivity contribution in [3.63, 3.8) is 0 Å². The Morgan fingerprint density at radius 3 is 2.50 bits per heavy atom. The van der Waals surface area contributed by atoms with Crippen molar-refractivity contribution in [3.05, 3.63) is 72.2 Å². The van der Waals surface area contributed by atoms with Crippen molar-refractivity contribution in [2.24, 2.45) is 0 Å². The molecular formula is C18H17N3O. The molecule has 0 aliphatic heterocycles. The van der Waals surface area contributed by atoms with Crippen molar-refractivity contribution < 1.29 is 4.79 Å². The first-order chi connectivity index (χ1) is 10.8. The summed E-state index contributed by atoms with van der Waals surface area (Å²) in [5.74, 6) is -0.0649. The average Bonchev–Trinajstić information content (AvgIpc) is 2.59. The number of para-hydroxylation sites is 1. The van der Waals surface area contributed by atoms with Crippen LogP contribution in [0.2, 0.25) is 0 Å². The van der Waals surface area contributed by atoms with Crippen LogP contribution < -0.4 is 0 Å². The molecule has 0 N–H and O–H groups in total. The highest BCUT2D eigenvalue weighted by molar-refractivity contribution is 6.04. The molecule has 0 spiro atoms. The largest absolute Gasteiger partial charge is 0.333 e. The van der Waals surface area contributed by atoms with Crippen molar-refractivity contribution in [2.75, 3.05) is 6.54 Å². The van der Waals surface area contributed by atoms with E-state index in [1.165, 1.54) is 6.33 Å². The van der Waals surface area contributed by atoms with E-state index in [0.717, 1.165) is 16.5 Å². The van der Waals surface area contributed by atoms with Crippen molar-refractivity contribution in [1.82, 2.24) is 14.9 Å². The van der Waals surface area contributed by atoms with Crippen LogP contribution in [0.5, 0.6) is 0 Å². The fraction of sp³-hybridized carbons (Fsp3) is 0.167. The molecule has 1 heterocycles. The first kappa shape index (κ1) is 14.2. The van der Waals surface area contributed by atoms with Crippen molar-refractivity contribution >= 4 is 16.8 Å². The Labute approximate surface area is 129 Å². The lowest BCUT2D eigenvalue weighted by Gasteiger charge is -2.21. The zero-order chi connectivity index (χ0) is 15.4. The van der Waals surface area contributed by atoms with Gasteiger partial charge >= 0.3 is 0 Å². The first-order valence-corrected chi connectivity index (χ1v) is 7.32. The van der Waals surface area contributed by atoms with Gasteiger partial charge in [0, 0.05) is 18.5 Å². The van der Waals surface area contributed by atoms with Crippen LogP contribution in [0, 0.1) is 0 Å². The van der Waals surface area contributed by atoms with E-state index in [9.17, 15) is 4.79 Å². The van der Waals surface area contributed by atoms with Gasteiger partial charge in [0.25, 0.3) is 5.91 Å². The molecule has 4 nitrogen and oxygen atoms in total. The van der Waals surface area contributed by atoms with E-state index in [-0.39, 0.29) is 5.91 Å². The number of carbonyl (C=O) groups excluding carboxylic acids is 1. The zero-order valence-electron chi connectivity index (χ0n) is 12.4. The average molecular weight is 291 g/mol. The molecule has 4 heteroatoms. The normalized spacial score (nSPS) is 10.6. The van der Waals surface area contributed by atoms with E-state index in [0.29, 0.717) is 18.8 Å². The minimum absolute atomic E-state index is 0.0649. The molecule has 0 radical (unpaired) electrons. The number of nitrogens with zero attached hydrogens (tertiary/aromatic N) is 3. The summed E-state index contributed by atoms with van der Waals surface area (Å²) in [6, 6.07) is 17.6. The minimum Gasteiger partial charge on any atom is -0.333 e. The summed E-state index contributed by atoms with van der Waals surface area (Å²) < 4.78 is 0. The van der Waals surface area contributed by atoms with E-state index in [1.807, 2.05) is 61.5 Å². The Morgan fingerprint density at radius 1 is 1.00 bits per heavy atom. The van der Waals surface area contributed by atoms with Gasteiger partial charge in [0.2, 0.25) is 0 Å². The number of carbonyl (C=O) groups is 1. The third-order valence-corrected chi connectivity index (χ3v) is 3.63. The number of fused-ring (bicyclic) bond motifs is 1. The van der Waals surface area contributed by atoms with Gasteiger partial charge in [-0.05, 0) is 18.6 Å². The molecular weight excluding hydrogens is 274 g/mol. The monoisotopic (exact) mass is 291 g/mol. The molecule has 2 aromatic carbocycles. The molecule has 0 bridgehead atoms. The van der Waals surface area contributed by atoms with E-state index in [1.54, 1.807) is 4.90 Å². The van der Waals surface area contributed by atoms with Gasteiger partial charge < -0.3 is 4.90 Å². The molecule has 0 aliphatic carbocycles. The van der Waals surface area contributed by atoms with Crippen LogP contribution >= 0.6 is 0 Å². The highest BCUT2D eigenvalue weighted by Gasteiger charge is 2.18. The van der Waals surface area contributed by atoms with Gasteiger partial charge in [-0.25, -0.2) is 9.97 Å². The second-order valence-electron chi connectivity index (χ2n) is 5.04. The van der Waals surface area contributed by atoms with Gasteiger partial charge in [0.05, 0.1) is 5.52 Å². The summed E-state index contributed by atoms with van der Waals surface area (Å²) in [5.41, 5.74) is 2.36. The Balaban J connectivity index is 1.93. The number of hydrogen-bond donors (Lipinski definition) is 0. The summed E-state index contributed by atoms with van der Waals surface area (Å²) in [7, 11) is 0. The van der Waals surface area contributed by atoms with E-state index < -0.39 is 0 Å². The Morgan fingerprint density at radius 2 is 1.73 bits per heavy atom. The maximum Gasteiger partial charge on any atom is 0.273 e. The Kier molecular flexibility index (Phi) is 4.10. The van der Waals surface area contributed by atoms with Crippen LogP contribution in [0.15, 0.2) is 60.9 Å².